The van der Waals surface area contributed by atoms with Crippen LogP contribution in [-0.2, 0) is 16.0 Å². The summed E-state index contributed by atoms with van der Waals surface area (Å²) in [4.78, 5) is 23.7. The monoisotopic (exact) mass is 354 g/mol. The molecule has 2 aromatic carbocycles. The van der Waals surface area contributed by atoms with Crippen LogP contribution in [0.25, 0.3) is 11.0 Å². The minimum atomic E-state index is -0.585. The lowest BCUT2D eigenvalue weighted by Crippen LogP contribution is -2.09. The van der Waals surface area contributed by atoms with Crippen molar-refractivity contribution in [3.8, 4) is 11.5 Å². The van der Waals surface area contributed by atoms with E-state index < -0.39 is 5.97 Å². The summed E-state index contributed by atoms with van der Waals surface area (Å²) in [6.45, 7) is 1.79. The molecule has 0 atom stereocenters. The molecule has 0 fully saturated rings. The number of benzene rings is 2. The van der Waals surface area contributed by atoms with Crippen LogP contribution in [0, 0.1) is 6.92 Å². The van der Waals surface area contributed by atoms with Gasteiger partial charge in [-0.1, -0.05) is 12.1 Å². The van der Waals surface area contributed by atoms with Crippen LogP contribution in [0.15, 0.2) is 46.9 Å². The maximum absolute atomic E-state index is 12.4. The second kappa shape index (κ2) is 7.31. The summed E-state index contributed by atoms with van der Waals surface area (Å²) in [6, 6.07) is 12.0. The Bertz CT molecular complexity index is 952. The number of furan rings is 1. The van der Waals surface area contributed by atoms with Gasteiger partial charge in [0.1, 0.15) is 17.1 Å². The number of ether oxygens (including phenoxy) is 3. The van der Waals surface area contributed by atoms with Gasteiger partial charge in [0.05, 0.1) is 20.6 Å². The van der Waals surface area contributed by atoms with Crippen molar-refractivity contribution in [3.63, 3.8) is 0 Å². The van der Waals surface area contributed by atoms with Gasteiger partial charge in [0, 0.05) is 10.9 Å². The lowest BCUT2D eigenvalue weighted by Gasteiger charge is -2.04. The van der Waals surface area contributed by atoms with Crippen molar-refractivity contribution in [1.29, 1.82) is 0 Å². The molecule has 0 saturated heterocycles. The summed E-state index contributed by atoms with van der Waals surface area (Å²) < 4.78 is 20.8. The van der Waals surface area contributed by atoms with Gasteiger partial charge in [0.15, 0.2) is 0 Å². The molecule has 0 bridgehead atoms. The molecule has 1 heterocycles. The van der Waals surface area contributed by atoms with Crippen molar-refractivity contribution >= 4 is 22.9 Å². The fourth-order valence-electron chi connectivity index (χ4n) is 2.59. The summed E-state index contributed by atoms with van der Waals surface area (Å²) in [5, 5.41) is 0.796. The van der Waals surface area contributed by atoms with E-state index in [1.807, 2.05) is 6.07 Å². The van der Waals surface area contributed by atoms with Crippen LogP contribution in [0.1, 0.15) is 21.7 Å². The van der Waals surface area contributed by atoms with Crippen molar-refractivity contribution in [2.24, 2.45) is 0 Å². The van der Waals surface area contributed by atoms with E-state index >= 15 is 0 Å². The first kappa shape index (κ1) is 17.5. The van der Waals surface area contributed by atoms with Crippen LogP contribution < -0.4 is 9.47 Å². The highest BCUT2D eigenvalue weighted by atomic mass is 16.5. The molecule has 0 radical (unpaired) electrons. The third-order valence-electron chi connectivity index (χ3n) is 4.04. The Morgan fingerprint density at radius 3 is 2.35 bits per heavy atom. The molecule has 0 spiro atoms. The van der Waals surface area contributed by atoms with E-state index in [-0.39, 0.29) is 18.2 Å². The molecule has 26 heavy (non-hydrogen) atoms. The molecule has 3 aromatic rings. The highest BCUT2D eigenvalue weighted by molar-refractivity contribution is 5.97. The second-order valence-electron chi connectivity index (χ2n) is 5.70. The van der Waals surface area contributed by atoms with Crippen LogP contribution in [0.5, 0.6) is 11.5 Å². The predicted octanol–water partition coefficient (Wildman–Crippen LogP) is 3.68. The minimum Gasteiger partial charge on any atom is -0.497 e. The Balaban J connectivity index is 1.78. The third kappa shape index (κ3) is 3.54. The van der Waals surface area contributed by atoms with Gasteiger partial charge in [-0.2, -0.15) is 0 Å². The number of methoxy groups -OCH3 is 2. The van der Waals surface area contributed by atoms with Crippen molar-refractivity contribution in [2.45, 2.75) is 13.3 Å². The minimum absolute atomic E-state index is 0.145. The zero-order valence-electron chi connectivity index (χ0n) is 14.7. The molecule has 0 unspecified atom stereocenters. The molecule has 6 heteroatoms. The first-order chi connectivity index (χ1) is 12.5. The second-order valence-corrected chi connectivity index (χ2v) is 5.70. The summed E-state index contributed by atoms with van der Waals surface area (Å²) >= 11 is 0. The van der Waals surface area contributed by atoms with Gasteiger partial charge in [-0.15, -0.1) is 0 Å². The third-order valence-corrected chi connectivity index (χ3v) is 4.04. The Morgan fingerprint density at radius 2 is 1.69 bits per heavy atom. The maximum atomic E-state index is 12.4. The molecule has 0 aliphatic heterocycles. The molecule has 0 aliphatic carbocycles. The molecule has 0 N–H and O–H groups in total. The van der Waals surface area contributed by atoms with Crippen LogP contribution >= 0.6 is 0 Å². The zero-order valence-corrected chi connectivity index (χ0v) is 14.7. The number of carbonyl (C=O) groups excluding carboxylic acids is 2. The van der Waals surface area contributed by atoms with Gasteiger partial charge >= 0.3 is 11.9 Å². The van der Waals surface area contributed by atoms with Gasteiger partial charge in [0.2, 0.25) is 5.76 Å². The number of aryl methyl sites for hydroxylation is 1. The molecular formula is C20H18O6. The fraction of sp³-hybridized carbons (Fsp3) is 0.200. The average molecular weight is 354 g/mol. The predicted molar refractivity (Wildman–Crippen MR) is 94.6 cm³/mol. The summed E-state index contributed by atoms with van der Waals surface area (Å²) in [6.07, 6.45) is 0.162. The highest BCUT2D eigenvalue weighted by Gasteiger charge is 2.20. The van der Waals surface area contributed by atoms with E-state index in [1.54, 1.807) is 50.4 Å². The quantitative estimate of drug-likeness (QED) is 0.514. The number of esters is 2. The molecule has 0 amide bonds. The lowest BCUT2D eigenvalue weighted by molar-refractivity contribution is -0.139. The van der Waals surface area contributed by atoms with Gasteiger partial charge in [-0.05, 0) is 42.8 Å². The standard InChI is InChI=1S/C20H18O6/c1-12-16-11-15(23-2)8-9-17(16)26-19(12)20(22)25-14-6-4-13(5-7-14)10-18(21)24-3/h4-9,11H,10H2,1-3H3. The SMILES string of the molecule is COC(=O)Cc1ccc(OC(=O)c2oc3ccc(OC)cc3c2C)cc1. The van der Waals surface area contributed by atoms with Crippen LogP contribution in [0.2, 0.25) is 0 Å². The Hall–Kier alpha value is -3.28. The molecule has 0 aliphatic rings. The van der Waals surface area contributed by atoms with Gasteiger partial charge in [-0.3, -0.25) is 4.79 Å². The molecule has 134 valence electrons. The number of rotatable bonds is 5. The lowest BCUT2D eigenvalue weighted by atomic mass is 10.1. The van der Waals surface area contributed by atoms with Gasteiger partial charge < -0.3 is 18.6 Å². The highest BCUT2D eigenvalue weighted by Crippen LogP contribution is 2.29. The summed E-state index contributed by atoms with van der Waals surface area (Å²) in [5.41, 5.74) is 2.04. The van der Waals surface area contributed by atoms with Crippen molar-refractivity contribution in [2.75, 3.05) is 14.2 Å². The first-order valence-electron chi connectivity index (χ1n) is 7.97. The van der Waals surface area contributed by atoms with E-state index in [0.717, 1.165) is 10.9 Å². The fourth-order valence-corrected chi connectivity index (χ4v) is 2.59. The summed E-state index contributed by atoms with van der Waals surface area (Å²) in [7, 11) is 2.92. The Kier molecular flexibility index (Phi) is 4.93. The van der Waals surface area contributed by atoms with Gasteiger partial charge in [0.25, 0.3) is 0 Å². The molecule has 6 nitrogen and oxygen atoms in total. The molecular weight excluding hydrogens is 336 g/mol. The molecule has 3 rings (SSSR count). The molecule has 1 aromatic heterocycles. The van der Waals surface area contributed by atoms with Crippen LogP contribution in [-0.4, -0.2) is 26.2 Å². The van der Waals surface area contributed by atoms with Crippen LogP contribution in [0.4, 0.5) is 0 Å². The zero-order chi connectivity index (χ0) is 18.7. The van der Waals surface area contributed by atoms with Crippen LogP contribution in [0.3, 0.4) is 0 Å². The molecule has 0 saturated carbocycles. The topological polar surface area (TPSA) is 75.0 Å². The van der Waals surface area contributed by atoms with Crippen molar-refractivity contribution < 1.29 is 28.2 Å². The van der Waals surface area contributed by atoms with E-state index in [4.69, 9.17) is 13.9 Å². The van der Waals surface area contributed by atoms with Gasteiger partial charge in [-0.25, -0.2) is 4.79 Å². The number of carbonyl (C=O) groups is 2. The Labute approximate surface area is 150 Å². The summed E-state index contributed by atoms with van der Waals surface area (Å²) in [5.74, 6) is 0.275. The van der Waals surface area contributed by atoms with E-state index in [9.17, 15) is 9.59 Å². The van der Waals surface area contributed by atoms with Crippen molar-refractivity contribution in [3.05, 3.63) is 59.4 Å². The maximum Gasteiger partial charge on any atom is 0.379 e. The first-order valence-corrected chi connectivity index (χ1v) is 7.97. The number of hydrogen-bond donors (Lipinski definition) is 0. The van der Waals surface area contributed by atoms with E-state index in [0.29, 0.717) is 22.6 Å². The van der Waals surface area contributed by atoms with E-state index in [2.05, 4.69) is 4.74 Å². The Morgan fingerprint density at radius 1 is 1.00 bits per heavy atom. The number of hydrogen-bond acceptors (Lipinski definition) is 6. The number of fused-ring (bicyclic) bond motifs is 1. The smallest absolute Gasteiger partial charge is 0.379 e. The normalized spacial score (nSPS) is 10.6. The van der Waals surface area contributed by atoms with Crippen molar-refractivity contribution in [1.82, 2.24) is 0 Å². The van der Waals surface area contributed by atoms with E-state index in [1.165, 1.54) is 7.11 Å². The average Bonchev–Trinajstić information content (AvgIpc) is 2.99. The largest absolute Gasteiger partial charge is 0.497 e.